The van der Waals surface area contributed by atoms with Crippen LogP contribution in [0.1, 0.15) is 252 Å². The molecule has 0 saturated heterocycles. The molecule has 0 aromatic rings. The van der Waals surface area contributed by atoms with Gasteiger partial charge in [-0.05, 0) is 103 Å². The first-order valence-electron chi connectivity index (χ1n) is 29.0. The molecular formula is C65H106O6. The normalized spacial score (nSPS) is 13.0. The van der Waals surface area contributed by atoms with E-state index in [1.54, 1.807) is 0 Å². The van der Waals surface area contributed by atoms with Crippen LogP contribution in [0.3, 0.4) is 0 Å². The number of unbranched alkanes of at least 4 members (excludes halogenated alkanes) is 20. The quantitative estimate of drug-likeness (QED) is 0.0261. The number of esters is 3. The van der Waals surface area contributed by atoms with E-state index >= 15 is 0 Å². The molecule has 0 aromatic carbocycles. The van der Waals surface area contributed by atoms with Crippen LogP contribution < -0.4 is 0 Å². The fourth-order valence-corrected chi connectivity index (χ4v) is 7.62. The van der Waals surface area contributed by atoms with Crippen LogP contribution in [0.5, 0.6) is 0 Å². The third kappa shape index (κ3) is 56.6. The van der Waals surface area contributed by atoms with E-state index in [0.29, 0.717) is 19.3 Å². The van der Waals surface area contributed by atoms with Gasteiger partial charge in [0.2, 0.25) is 0 Å². The van der Waals surface area contributed by atoms with Gasteiger partial charge in [-0.2, -0.15) is 0 Å². The van der Waals surface area contributed by atoms with Crippen LogP contribution in [-0.2, 0) is 28.6 Å². The molecule has 71 heavy (non-hydrogen) atoms. The maximum Gasteiger partial charge on any atom is 0.306 e. The van der Waals surface area contributed by atoms with Crippen LogP contribution in [0.15, 0.2) is 122 Å². The highest BCUT2D eigenvalue weighted by Crippen LogP contribution is 2.15. The van der Waals surface area contributed by atoms with E-state index in [0.717, 1.165) is 122 Å². The zero-order chi connectivity index (χ0) is 51.4. The molecule has 1 atom stereocenters. The van der Waals surface area contributed by atoms with Crippen molar-refractivity contribution < 1.29 is 28.6 Å². The van der Waals surface area contributed by atoms with Crippen molar-refractivity contribution in [3.05, 3.63) is 122 Å². The second-order valence-corrected chi connectivity index (χ2v) is 18.8. The Kier molecular flexibility index (Phi) is 54.9. The van der Waals surface area contributed by atoms with E-state index < -0.39 is 6.10 Å². The lowest BCUT2D eigenvalue weighted by Gasteiger charge is -2.18. The predicted octanol–water partition coefficient (Wildman–Crippen LogP) is 19.6. The van der Waals surface area contributed by atoms with Gasteiger partial charge in [0.15, 0.2) is 6.10 Å². The van der Waals surface area contributed by atoms with Gasteiger partial charge in [-0.1, -0.05) is 251 Å². The van der Waals surface area contributed by atoms with Crippen LogP contribution in [0.25, 0.3) is 0 Å². The van der Waals surface area contributed by atoms with Crippen LogP contribution in [0, 0.1) is 0 Å². The number of rotatable bonds is 51. The number of ether oxygens (including phenoxy) is 3. The van der Waals surface area contributed by atoms with Crippen LogP contribution in [0.2, 0.25) is 0 Å². The predicted molar refractivity (Wildman–Crippen MR) is 306 cm³/mol. The molecule has 0 aliphatic rings. The summed E-state index contributed by atoms with van der Waals surface area (Å²) in [6.45, 7) is 6.40. The summed E-state index contributed by atoms with van der Waals surface area (Å²) in [5, 5.41) is 0. The minimum absolute atomic E-state index is 0.101. The highest BCUT2D eigenvalue weighted by atomic mass is 16.6. The summed E-state index contributed by atoms with van der Waals surface area (Å²) in [5.41, 5.74) is 0. The summed E-state index contributed by atoms with van der Waals surface area (Å²) in [6, 6.07) is 0. The number of carbonyl (C=O) groups excluding carboxylic acids is 3. The Bertz CT molecular complexity index is 1500. The van der Waals surface area contributed by atoms with E-state index in [1.807, 2.05) is 0 Å². The molecule has 0 radical (unpaired) electrons. The molecule has 0 heterocycles. The minimum atomic E-state index is -0.805. The largest absolute Gasteiger partial charge is 0.462 e. The van der Waals surface area contributed by atoms with E-state index in [9.17, 15) is 14.4 Å². The molecule has 0 bridgehead atoms. The lowest BCUT2D eigenvalue weighted by atomic mass is 10.0. The van der Waals surface area contributed by atoms with Crippen molar-refractivity contribution in [3.8, 4) is 0 Å². The summed E-state index contributed by atoms with van der Waals surface area (Å²) in [7, 11) is 0. The van der Waals surface area contributed by atoms with Crippen molar-refractivity contribution >= 4 is 17.9 Å². The molecule has 0 fully saturated rings. The number of hydrogen-bond donors (Lipinski definition) is 0. The Hall–Kier alpha value is -4.19. The van der Waals surface area contributed by atoms with Crippen LogP contribution in [0.4, 0.5) is 0 Å². The van der Waals surface area contributed by atoms with Gasteiger partial charge in [-0.15, -0.1) is 0 Å². The summed E-state index contributed by atoms with van der Waals surface area (Å²) in [6.07, 6.45) is 80.6. The van der Waals surface area contributed by atoms with Crippen LogP contribution in [-0.4, -0.2) is 37.2 Å². The number of carbonyl (C=O) groups is 3. The lowest BCUT2D eigenvalue weighted by molar-refractivity contribution is -0.167. The average Bonchev–Trinajstić information content (AvgIpc) is 3.37. The standard InChI is InChI=1S/C65H106O6/c1-4-7-10-13-16-19-22-24-26-27-28-29-30-31-32-33-34-35-36-37-38-39-40-42-43-46-49-52-55-58-64(67)70-61-62(60-69-63(66)57-54-51-48-45-21-18-15-12-9-6-3)71-65(68)59-56-53-50-47-44-41-25-23-20-17-14-11-8-5-2/h7,10,12,15-16,19,24,26,28-29,31-32,34-35,37-38,40,42,46,49,62H,4-6,8-9,11,13-14,17-18,20-23,25,27,30,33,36,39,41,43-45,47-48,50-61H2,1-3H3/b10-7-,15-12-,19-16-,26-24-,29-28-,32-31-,35-34-,38-37-,42-40-,49-46-. The Morgan fingerprint density at radius 3 is 0.986 bits per heavy atom. The van der Waals surface area contributed by atoms with Crippen LogP contribution >= 0.6 is 0 Å². The summed E-state index contributed by atoms with van der Waals surface area (Å²) in [4.78, 5) is 38.0. The van der Waals surface area contributed by atoms with Crippen molar-refractivity contribution in [1.29, 1.82) is 0 Å². The number of hydrogen-bond acceptors (Lipinski definition) is 6. The van der Waals surface area contributed by atoms with Gasteiger partial charge in [-0.25, -0.2) is 0 Å². The fraction of sp³-hybridized carbons (Fsp3) is 0.646. The first-order chi connectivity index (χ1) is 35.0. The van der Waals surface area contributed by atoms with Gasteiger partial charge in [0.25, 0.3) is 0 Å². The van der Waals surface area contributed by atoms with Crippen molar-refractivity contribution in [2.45, 2.75) is 258 Å². The topological polar surface area (TPSA) is 78.9 Å². The molecule has 0 aliphatic heterocycles. The monoisotopic (exact) mass is 983 g/mol. The third-order valence-corrected chi connectivity index (χ3v) is 11.9. The van der Waals surface area contributed by atoms with Gasteiger partial charge in [-0.3, -0.25) is 14.4 Å². The van der Waals surface area contributed by atoms with Crippen molar-refractivity contribution in [2.75, 3.05) is 13.2 Å². The molecule has 0 N–H and O–H groups in total. The summed E-state index contributed by atoms with van der Waals surface area (Å²) in [5.74, 6) is -0.974. The Morgan fingerprint density at radius 2 is 0.592 bits per heavy atom. The summed E-state index contributed by atoms with van der Waals surface area (Å²) >= 11 is 0. The SMILES string of the molecule is CC/C=C\C/C=C\C/C=C\C/C=C\C/C=C\C/C=C\C/C=C\C/C=C\C/C=C\CCCC(=O)OCC(COC(=O)CCCCCCC/C=C\CCC)OC(=O)CCCCCCCCCCCCCCCC. The van der Waals surface area contributed by atoms with Crippen molar-refractivity contribution in [1.82, 2.24) is 0 Å². The molecule has 0 spiro atoms. The Balaban J connectivity index is 4.37. The average molecular weight is 984 g/mol. The second kappa shape index (κ2) is 58.4. The van der Waals surface area contributed by atoms with Gasteiger partial charge < -0.3 is 14.2 Å². The van der Waals surface area contributed by atoms with E-state index in [2.05, 4.69) is 142 Å². The van der Waals surface area contributed by atoms with E-state index in [-0.39, 0.29) is 37.5 Å². The van der Waals surface area contributed by atoms with Gasteiger partial charge in [0, 0.05) is 19.3 Å². The maximum atomic E-state index is 12.8. The smallest absolute Gasteiger partial charge is 0.306 e. The first kappa shape index (κ1) is 66.8. The van der Waals surface area contributed by atoms with E-state index in [4.69, 9.17) is 14.2 Å². The highest BCUT2D eigenvalue weighted by Gasteiger charge is 2.19. The van der Waals surface area contributed by atoms with Gasteiger partial charge in [0.1, 0.15) is 13.2 Å². The molecule has 1 unspecified atom stereocenters. The minimum Gasteiger partial charge on any atom is -0.462 e. The van der Waals surface area contributed by atoms with Gasteiger partial charge in [0.05, 0.1) is 0 Å². The molecule has 6 nitrogen and oxygen atoms in total. The maximum absolute atomic E-state index is 12.8. The second-order valence-electron chi connectivity index (χ2n) is 18.8. The Morgan fingerprint density at radius 1 is 0.296 bits per heavy atom. The van der Waals surface area contributed by atoms with E-state index in [1.165, 1.54) is 83.5 Å². The molecule has 0 amide bonds. The zero-order valence-corrected chi connectivity index (χ0v) is 45.9. The lowest BCUT2D eigenvalue weighted by Crippen LogP contribution is -2.30. The highest BCUT2D eigenvalue weighted by molar-refractivity contribution is 5.71. The molecule has 0 aliphatic carbocycles. The molecule has 402 valence electrons. The van der Waals surface area contributed by atoms with Gasteiger partial charge >= 0.3 is 17.9 Å². The number of allylic oxidation sites excluding steroid dienone is 20. The molecule has 0 aromatic heterocycles. The van der Waals surface area contributed by atoms with Crippen molar-refractivity contribution in [3.63, 3.8) is 0 Å². The molecular weight excluding hydrogens is 877 g/mol. The third-order valence-electron chi connectivity index (χ3n) is 11.9. The first-order valence-corrected chi connectivity index (χ1v) is 29.0. The molecule has 6 heteroatoms. The summed E-state index contributed by atoms with van der Waals surface area (Å²) < 4.78 is 16.8. The Labute approximate surface area is 437 Å². The molecule has 0 saturated carbocycles. The zero-order valence-electron chi connectivity index (χ0n) is 45.9. The van der Waals surface area contributed by atoms with Crippen molar-refractivity contribution in [2.24, 2.45) is 0 Å². The molecule has 0 rings (SSSR count). The fourth-order valence-electron chi connectivity index (χ4n) is 7.62.